The Morgan fingerprint density at radius 3 is 1.88 bits per heavy atom. The molecule has 1 aliphatic carbocycles. The third kappa shape index (κ3) is 8.53. The van der Waals surface area contributed by atoms with Crippen LogP contribution in [0.2, 0.25) is 0 Å². The van der Waals surface area contributed by atoms with E-state index >= 15 is 0 Å². The second-order valence-corrected chi connectivity index (χ2v) is 11.4. The number of unbranched alkanes of at least 4 members (excludes halogenated alkanes) is 2. The number of carbonyl (C=O) groups excluding carboxylic acids is 2. The van der Waals surface area contributed by atoms with Crippen LogP contribution in [-0.4, -0.2) is 35.4 Å². The highest BCUT2D eigenvalue weighted by molar-refractivity contribution is 5.92. The molecule has 226 valence electrons. The number of aliphatic hydroxyl groups is 2. The molecule has 0 atom stereocenters. The Morgan fingerprint density at radius 2 is 1.30 bits per heavy atom. The van der Waals surface area contributed by atoms with E-state index in [0.29, 0.717) is 11.5 Å². The number of hydrogen-bond acceptors (Lipinski definition) is 6. The molecule has 0 saturated heterocycles. The highest BCUT2D eigenvalue weighted by Gasteiger charge is 2.22. The number of carbonyl (C=O) groups is 2. The van der Waals surface area contributed by atoms with Crippen LogP contribution in [0.25, 0.3) is 22.3 Å². The van der Waals surface area contributed by atoms with E-state index in [2.05, 4.69) is 44.3 Å². The zero-order valence-corrected chi connectivity index (χ0v) is 25.0. The summed E-state index contributed by atoms with van der Waals surface area (Å²) >= 11 is 0. The van der Waals surface area contributed by atoms with Crippen LogP contribution in [-0.2, 0) is 9.59 Å². The van der Waals surface area contributed by atoms with E-state index in [9.17, 15) is 19.8 Å². The van der Waals surface area contributed by atoms with Crippen molar-refractivity contribution in [3.05, 3.63) is 96.6 Å². The molecule has 1 fully saturated rings. The summed E-state index contributed by atoms with van der Waals surface area (Å²) in [6, 6.07) is 21.3. The van der Waals surface area contributed by atoms with Crippen molar-refractivity contribution in [2.75, 3.05) is 13.2 Å². The molecular weight excluding hydrogens is 540 g/mol. The van der Waals surface area contributed by atoms with Crippen molar-refractivity contribution in [1.82, 2.24) is 0 Å². The minimum atomic E-state index is -0.760. The molecule has 43 heavy (non-hydrogen) atoms. The lowest BCUT2D eigenvalue weighted by Gasteiger charge is -2.29. The lowest BCUT2D eigenvalue weighted by molar-refractivity contribution is -0.131. The standard InChI is InChI=1S/C37H42O6/c1-4-5-6-7-27-8-10-28(11-9-27)29-12-14-30(15-13-29)31-16-18-32(19-17-31)34-22-33(42-36(40)25(2)23-38)20-21-35(34)43-37(41)26(3)24-39/h12-22,27-28,38-39H,2-11,23-24H2,1H3. The van der Waals surface area contributed by atoms with Gasteiger partial charge in [0.1, 0.15) is 11.5 Å². The molecular formula is C37H42O6. The molecule has 0 aromatic heterocycles. The average Bonchev–Trinajstić information content (AvgIpc) is 3.05. The molecule has 0 radical (unpaired) electrons. The van der Waals surface area contributed by atoms with Crippen molar-refractivity contribution in [3.8, 4) is 33.8 Å². The van der Waals surface area contributed by atoms with Gasteiger partial charge in [-0.15, -0.1) is 0 Å². The summed E-state index contributed by atoms with van der Waals surface area (Å²) in [5, 5.41) is 18.5. The summed E-state index contributed by atoms with van der Waals surface area (Å²) in [6.07, 6.45) is 10.6. The SMILES string of the molecule is C=C(CO)C(=O)Oc1ccc(OC(=O)C(=C)CO)c(-c2ccc(-c3ccc(C4CCC(CCCCC)CC4)cc3)cc2)c1. The zero-order valence-electron chi connectivity index (χ0n) is 25.0. The Labute approximate surface area is 254 Å². The monoisotopic (exact) mass is 582 g/mol. The summed E-state index contributed by atoms with van der Waals surface area (Å²) in [5.74, 6) is 0.431. The summed E-state index contributed by atoms with van der Waals surface area (Å²) < 4.78 is 10.8. The molecule has 0 heterocycles. The Balaban J connectivity index is 1.50. The van der Waals surface area contributed by atoms with Crippen molar-refractivity contribution in [2.45, 2.75) is 64.2 Å². The molecule has 0 unspecified atom stereocenters. The van der Waals surface area contributed by atoms with Crippen LogP contribution in [0.5, 0.6) is 11.5 Å². The van der Waals surface area contributed by atoms with E-state index < -0.39 is 25.2 Å². The second kappa shape index (κ2) is 15.5. The van der Waals surface area contributed by atoms with Crippen LogP contribution in [0.4, 0.5) is 0 Å². The smallest absolute Gasteiger partial charge is 0.341 e. The van der Waals surface area contributed by atoms with Gasteiger partial charge in [-0.3, -0.25) is 0 Å². The Morgan fingerprint density at radius 1 is 0.744 bits per heavy atom. The minimum Gasteiger partial charge on any atom is -0.423 e. The number of aliphatic hydroxyl groups excluding tert-OH is 2. The summed E-state index contributed by atoms with van der Waals surface area (Å²) in [4.78, 5) is 24.5. The number of esters is 2. The fourth-order valence-corrected chi connectivity index (χ4v) is 5.62. The van der Waals surface area contributed by atoms with Gasteiger partial charge < -0.3 is 19.7 Å². The number of rotatable bonds is 13. The Hall–Kier alpha value is -4.00. The van der Waals surface area contributed by atoms with Crippen molar-refractivity contribution in [1.29, 1.82) is 0 Å². The molecule has 1 saturated carbocycles. The van der Waals surface area contributed by atoms with E-state index in [0.717, 1.165) is 22.6 Å². The lowest BCUT2D eigenvalue weighted by Crippen LogP contribution is -2.14. The van der Waals surface area contributed by atoms with E-state index in [1.165, 1.54) is 69.1 Å². The second-order valence-electron chi connectivity index (χ2n) is 11.4. The fraction of sp³-hybridized carbons (Fsp3) is 0.351. The van der Waals surface area contributed by atoms with Gasteiger partial charge in [-0.1, -0.05) is 94.3 Å². The van der Waals surface area contributed by atoms with E-state index in [-0.39, 0.29) is 22.6 Å². The first kappa shape index (κ1) is 31.9. The Bertz CT molecular complexity index is 1410. The number of hydrogen-bond donors (Lipinski definition) is 2. The molecule has 0 aliphatic heterocycles. The summed E-state index contributed by atoms with van der Waals surface area (Å²) in [6.45, 7) is 8.24. The number of ether oxygens (including phenoxy) is 2. The van der Waals surface area contributed by atoms with Gasteiger partial charge in [-0.2, -0.15) is 0 Å². The average molecular weight is 583 g/mol. The molecule has 3 aromatic rings. The topological polar surface area (TPSA) is 93.1 Å². The predicted octanol–water partition coefficient (Wildman–Crippen LogP) is 7.78. The predicted molar refractivity (Wildman–Crippen MR) is 170 cm³/mol. The zero-order chi connectivity index (χ0) is 30.8. The third-order valence-electron chi connectivity index (χ3n) is 8.30. The van der Waals surface area contributed by atoms with Crippen molar-refractivity contribution in [3.63, 3.8) is 0 Å². The molecule has 2 N–H and O–H groups in total. The minimum absolute atomic E-state index is 0.0817. The van der Waals surface area contributed by atoms with Gasteiger partial charge in [0.15, 0.2) is 0 Å². The first-order valence-electron chi connectivity index (χ1n) is 15.2. The fourth-order valence-electron chi connectivity index (χ4n) is 5.62. The highest BCUT2D eigenvalue weighted by atomic mass is 16.5. The number of benzene rings is 3. The van der Waals surface area contributed by atoms with Gasteiger partial charge in [0, 0.05) is 5.56 Å². The maximum Gasteiger partial charge on any atom is 0.341 e. The van der Waals surface area contributed by atoms with Gasteiger partial charge in [-0.25, -0.2) is 9.59 Å². The molecule has 0 spiro atoms. The normalized spacial score (nSPS) is 16.3. The van der Waals surface area contributed by atoms with Crippen LogP contribution < -0.4 is 9.47 Å². The summed E-state index contributed by atoms with van der Waals surface area (Å²) in [7, 11) is 0. The molecule has 4 rings (SSSR count). The maximum atomic E-state index is 12.4. The van der Waals surface area contributed by atoms with Crippen LogP contribution in [0.15, 0.2) is 91.0 Å². The molecule has 0 amide bonds. The van der Waals surface area contributed by atoms with E-state index in [1.807, 2.05) is 24.3 Å². The van der Waals surface area contributed by atoms with Gasteiger partial charge in [-0.05, 0) is 78.0 Å². The molecule has 6 nitrogen and oxygen atoms in total. The van der Waals surface area contributed by atoms with Gasteiger partial charge >= 0.3 is 11.9 Å². The highest BCUT2D eigenvalue weighted by Crippen LogP contribution is 2.39. The van der Waals surface area contributed by atoms with Crippen LogP contribution >= 0.6 is 0 Å². The van der Waals surface area contributed by atoms with Gasteiger partial charge in [0.05, 0.1) is 24.4 Å². The van der Waals surface area contributed by atoms with E-state index in [4.69, 9.17) is 9.47 Å². The molecule has 1 aliphatic rings. The van der Waals surface area contributed by atoms with Crippen molar-refractivity contribution >= 4 is 11.9 Å². The van der Waals surface area contributed by atoms with Crippen LogP contribution in [0.1, 0.15) is 69.8 Å². The van der Waals surface area contributed by atoms with Crippen molar-refractivity contribution < 1.29 is 29.3 Å². The molecule has 0 bridgehead atoms. The van der Waals surface area contributed by atoms with Crippen molar-refractivity contribution in [2.24, 2.45) is 5.92 Å². The quantitative estimate of drug-likeness (QED) is 0.0925. The first-order chi connectivity index (χ1) is 20.8. The van der Waals surface area contributed by atoms with E-state index in [1.54, 1.807) is 6.07 Å². The molecule has 3 aromatic carbocycles. The Kier molecular flexibility index (Phi) is 11.5. The maximum absolute atomic E-state index is 12.4. The van der Waals surface area contributed by atoms with Gasteiger partial charge in [0.2, 0.25) is 0 Å². The first-order valence-corrected chi connectivity index (χ1v) is 15.2. The molecule has 6 heteroatoms. The van der Waals surface area contributed by atoms with Crippen LogP contribution in [0, 0.1) is 5.92 Å². The summed E-state index contributed by atoms with van der Waals surface area (Å²) in [5.41, 5.74) is 4.64. The third-order valence-corrected chi connectivity index (χ3v) is 8.30. The lowest BCUT2D eigenvalue weighted by atomic mass is 9.77. The van der Waals surface area contributed by atoms with Crippen LogP contribution in [0.3, 0.4) is 0 Å². The van der Waals surface area contributed by atoms with Gasteiger partial charge in [0.25, 0.3) is 0 Å². The largest absolute Gasteiger partial charge is 0.423 e.